The number of rotatable bonds is 2. The third-order valence-corrected chi connectivity index (χ3v) is 3.60. The van der Waals surface area contributed by atoms with E-state index in [1.165, 1.54) is 32.1 Å². The van der Waals surface area contributed by atoms with Gasteiger partial charge in [-0.15, -0.1) is 0 Å². The first-order valence-electron chi connectivity index (χ1n) is 5.60. The Balaban J connectivity index is 2.40. The maximum Gasteiger partial charge on any atom is 0.230 e. The first-order chi connectivity index (χ1) is 7.59. The minimum absolute atomic E-state index is 0.252. The highest BCUT2D eigenvalue weighted by Crippen LogP contribution is 2.28. The van der Waals surface area contributed by atoms with Gasteiger partial charge < -0.3 is 16.4 Å². The van der Waals surface area contributed by atoms with Gasteiger partial charge in [0.25, 0.3) is 0 Å². The molecule has 16 heavy (non-hydrogen) atoms. The van der Waals surface area contributed by atoms with Crippen LogP contribution in [0.1, 0.15) is 32.1 Å². The largest absolute Gasteiger partial charge is 0.369 e. The van der Waals surface area contributed by atoms with E-state index in [4.69, 9.17) is 11.5 Å². The summed E-state index contributed by atoms with van der Waals surface area (Å²) in [6, 6.07) is 0. The molecule has 0 aliphatic heterocycles. The Labute approximate surface area is 102 Å². The number of nitrogens with two attached hydrogens (primary N) is 2. The van der Waals surface area contributed by atoms with Crippen molar-refractivity contribution in [2.45, 2.75) is 37.4 Å². The predicted octanol–water partition coefficient (Wildman–Crippen LogP) is 1.16. The molecule has 0 aromatic carbocycles. The lowest BCUT2D eigenvalue weighted by molar-refractivity contribution is 0.516. The number of hydrogen-bond donors (Lipinski definition) is 2. The van der Waals surface area contributed by atoms with Crippen molar-refractivity contribution >= 4 is 23.9 Å². The van der Waals surface area contributed by atoms with Crippen molar-refractivity contribution in [3.8, 4) is 0 Å². The van der Waals surface area contributed by atoms with Crippen LogP contribution in [0.4, 0.5) is 0 Å². The standard InChI is InChI=1S/C10H21N5S/c1-15(2)10(12)13-9(11)14-16-8-6-4-3-5-7-8/h8H,3-7H2,1-2H3,(H4,11,12,13,14). The molecule has 0 heterocycles. The molecule has 1 fully saturated rings. The Morgan fingerprint density at radius 2 is 1.81 bits per heavy atom. The quantitative estimate of drug-likeness (QED) is 0.433. The number of guanidine groups is 2. The molecule has 0 radical (unpaired) electrons. The molecule has 6 heteroatoms. The third kappa shape index (κ3) is 4.74. The first-order valence-corrected chi connectivity index (χ1v) is 6.44. The second-order valence-electron chi connectivity index (χ2n) is 4.18. The summed E-state index contributed by atoms with van der Waals surface area (Å²) < 4.78 is 4.19. The fourth-order valence-corrected chi connectivity index (χ4v) is 2.38. The van der Waals surface area contributed by atoms with Gasteiger partial charge in [0.15, 0.2) is 5.96 Å². The van der Waals surface area contributed by atoms with E-state index in [0.29, 0.717) is 11.2 Å². The van der Waals surface area contributed by atoms with Gasteiger partial charge in [-0.05, 0) is 24.8 Å². The topological polar surface area (TPSA) is 80.0 Å². The van der Waals surface area contributed by atoms with Gasteiger partial charge in [0.2, 0.25) is 5.96 Å². The fraction of sp³-hybridized carbons (Fsp3) is 0.800. The number of aliphatic imine (C=N–C) groups is 1. The molecule has 0 bridgehead atoms. The molecule has 0 unspecified atom stereocenters. The van der Waals surface area contributed by atoms with Gasteiger partial charge in [0.05, 0.1) is 0 Å². The van der Waals surface area contributed by atoms with Crippen LogP contribution in [0.15, 0.2) is 9.39 Å². The van der Waals surface area contributed by atoms with Crippen LogP contribution in [-0.2, 0) is 0 Å². The average Bonchev–Trinajstić information content (AvgIpc) is 2.27. The molecule has 5 nitrogen and oxygen atoms in total. The number of hydrogen-bond acceptors (Lipinski definition) is 2. The molecule has 4 N–H and O–H groups in total. The van der Waals surface area contributed by atoms with E-state index < -0.39 is 0 Å². The minimum Gasteiger partial charge on any atom is -0.369 e. The average molecular weight is 243 g/mol. The molecule has 1 aliphatic carbocycles. The molecule has 0 aromatic heterocycles. The lowest BCUT2D eigenvalue weighted by Crippen LogP contribution is -2.32. The smallest absolute Gasteiger partial charge is 0.230 e. The second-order valence-corrected chi connectivity index (χ2v) is 5.24. The Bertz CT molecular complexity index is 268. The van der Waals surface area contributed by atoms with Crippen LogP contribution < -0.4 is 11.5 Å². The van der Waals surface area contributed by atoms with E-state index in [1.54, 1.807) is 16.8 Å². The number of nitrogens with zero attached hydrogens (tertiary/aromatic N) is 3. The van der Waals surface area contributed by atoms with E-state index in [9.17, 15) is 0 Å². The van der Waals surface area contributed by atoms with Crippen molar-refractivity contribution in [3.63, 3.8) is 0 Å². The highest BCUT2D eigenvalue weighted by molar-refractivity contribution is 7.98. The van der Waals surface area contributed by atoms with Crippen LogP contribution in [0, 0.1) is 0 Å². The molecule has 0 aromatic rings. The summed E-state index contributed by atoms with van der Waals surface area (Å²) in [6.07, 6.45) is 6.41. The molecule has 1 saturated carbocycles. The summed E-state index contributed by atoms with van der Waals surface area (Å²) in [6.45, 7) is 0. The molecule has 0 atom stereocenters. The molecule has 92 valence electrons. The van der Waals surface area contributed by atoms with Gasteiger partial charge in [-0.2, -0.15) is 9.39 Å². The lowest BCUT2D eigenvalue weighted by Gasteiger charge is -2.18. The maximum absolute atomic E-state index is 5.66. The zero-order valence-electron chi connectivity index (χ0n) is 10.0. The zero-order valence-corrected chi connectivity index (χ0v) is 10.8. The Hall–Kier alpha value is -0.910. The zero-order chi connectivity index (χ0) is 12.0. The monoisotopic (exact) mass is 243 g/mol. The van der Waals surface area contributed by atoms with Crippen LogP contribution in [0.3, 0.4) is 0 Å². The summed E-state index contributed by atoms with van der Waals surface area (Å²) in [4.78, 5) is 5.69. The summed E-state index contributed by atoms with van der Waals surface area (Å²) in [5.74, 6) is 0.632. The molecule has 1 aliphatic rings. The summed E-state index contributed by atoms with van der Waals surface area (Å²) in [5, 5.41) is 0.600. The van der Waals surface area contributed by atoms with Gasteiger partial charge in [-0.25, -0.2) is 0 Å². The summed E-state index contributed by atoms with van der Waals surface area (Å²) >= 11 is 1.54. The van der Waals surface area contributed by atoms with Crippen LogP contribution in [0.5, 0.6) is 0 Å². The van der Waals surface area contributed by atoms with Crippen molar-refractivity contribution in [2.24, 2.45) is 20.9 Å². The van der Waals surface area contributed by atoms with E-state index in [1.807, 2.05) is 14.1 Å². The highest BCUT2D eigenvalue weighted by atomic mass is 32.2. The third-order valence-electron chi connectivity index (χ3n) is 2.53. The predicted molar refractivity (Wildman–Crippen MR) is 71.4 cm³/mol. The molecule has 0 saturated heterocycles. The van der Waals surface area contributed by atoms with Crippen molar-refractivity contribution in [2.75, 3.05) is 14.1 Å². The maximum atomic E-state index is 5.66. The SMILES string of the molecule is CN(C)/C(N)=N/C(N)=N/SC1CCCCC1. The van der Waals surface area contributed by atoms with Gasteiger partial charge in [0.1, 0.15) is 0 Å². The second kappa shape index (κ2) is 6.62. The van der Waals surface area contributed by atoms with Crippen molar-refractivity contribution in [1.82, 2.24) is 4.90 Å². The van der Waals surface area contributed by atoms with Crippen LogP contribution in [-0.4, -0.2) is 36.2 Å². The van der Waals surface area contributed by atoms with Gasteiger partial charge in [-0.3, -0.25) is 0 Å². The van der Waals surface area contributed by atoms with Crippen LogP contribution in [0.25, 0.3) is 0 Å². The van der Waals surface area contributed by atoms with Gasteiger partial charge >= 0.3 is 0 Å². The first kappa shape index (κ1) is 13.2. The van der Waals surface area contributed by atoms with E-state index in [0.717, 1.165) is 0 Å². The minimum atomic E-state index is 0.252. The molecular weight excluding hydrogens is 222 g/mol. The van der Waals surface area contributed by atoms with Crippen LogP contribution in [0.2, 0.25) is 0 Å². The molecule has 0 spiro atoms. The Morgan fingerprint density at radius 1 is 1.19 bits per heavy atom. The van der Waals surface area contributed by atoms with Gasteiger partial charge in [-0.1, -0.05) is 19.3 Å². The van der Waals surface area contributed by atoms with E-state index >= 15 is 0 Å². The fourth-order valence-electron chi connectivity index (χ4n) is 1.54. The summed E-state index contributed by atoms with van der Waals surface area (Å²) in [7, 11) is 3.64. The Kier molecular flexibility index (Phi) is 5.45. The van der Waals surface area contributed by atoms with Gasteiger partial charge in [0, 0.05) is 19.3 Å². The molecule has 0 amide bonds. The summed E-state index contributed by atoms with van der Waals surface area (Å²) in [5.41, 5.74) is 11.3. The van der Waals surface area contributed by atoms with E-state index in [2.05, 4.69) is 9.39 Å². The van der Waals surface area contributed by atoms with Crippen molar-refractivity contribution in [3.05, 3.63) is 0 Å². The van der Waals surface area contributed by atoms with E-state index in [-0.39, 0.29) is 5.96 Å². The molecule has 1 rings (SSSR count). The Morgan fingerprint density at radius 3 is 2.38 bits per heavy atom. The highest BCUT2D eigenvalue weighted by Gasteiger charge is 2.13. The lowest BCUT2D eigenvalue weighted by atomic mass is 10.0. The van der Waals surface area contributed by atoms with Crippen molar-refractivity contribution in [1.29, 1.82) is 0 Å². The van der Waals surface area contributed by atoms with Crippen LogP contribution >= 0.6 is 11.9 Å². The van der Waals surface area contributed by atoms with Crippen molar-refractivity contribution < 1.29 is 0 Å². The molecular formula is C10H21N5S. The normalized spacial score (nSPS) is 19.9.